The van der Waals surface area contributed by atoms with Gasteiger partial charge in [-0.25, -0.2) is 0 Å². The molecule has 1 aromatic carbocycles. The summed E-state index contributed by atoms with van der Waals surface area (Å²) in [4.78, 5) is 12.1. The molecule has 96 valence electrons. The molecule has 2 nitrogen and oxygen atoms in total. The predicted octanol–water partition coefficient (Wildman–Crippen LogP) is 3.69. The third-order valence-corrected chi connectivity index (χ3v) is 3.65. The van der Waals surface area contributed by atoms with Gasteiger partial charge >= 0.3 is 5.97 Å². The van der Waals surface area contributed by atoms with Crippen molar-refractivity contribution >= 4 is 5.97 Å². The summed E-state index contributed by atoms with van der Waals surface area (Å²) in [6.45, 7) is 2.14. The molecule has 0 saturated heterocycles. The minimum absolute atomic E-state index is 0.128. The molecule has 1 aliphatic carbocycles. The van der Waals surface area contributed by atoms with Gasteiger partial charge in [0, 0.05) is 0 Å². The molecule has 2 unspecified atom stereocenters. The first kappa shape index (κ1) is 12.9. The maximum atomic E-state index is 12.1. The minimum atomic E-state index is -0.161. The van der Waals surface area contributed by atoms with Crippen LogP contribution in [0.2, 0.25) is 0 Å². The Balaban J connectivity index is 2.31. The predicted molar refractivity (Wildman–Crippen MR) is 72.3 cm³/mol. The summed E-state index contributed by atoms with van der Waals surface area (Å²) in [6, 6.07) is 9.95. The van der Waals surface area contributed by atoms with E-state index in [2.05, 4.69) is 13.0 Å². The molecule has 18 heavy (non-hydrogen) atoms. The van der Waals surface area contributed by atoms with Crippen molar-refractivity contribution in [1.82, 2.24) is 0 Å². The molecule has 0 saturated carbocycles. The highest BCUT2D eigenvalue weighted by atomic mass is 16.5. The zero-order valence-electron chi connectivity index (χ0n) is 11.1. The lowest BCUT2D eigenvalue weighted by atomic mass is 9.78. The first-order chi connectivity index (χ1) is 8.72. The number of hydrogen-bond acceptors (Lipinski definition) is 2. The summed E-state index contributed by atoms with van der Waals surface area (Å²) < 4.78 is 4.99. The van der Waals surface area contributed by atoms with Gasteiger partial charge in [0.15, 0.2) is 0 Å². The molecule has 2 atom stereocenters. The van der Waals surface area contributed by atoms with E-state index in [1.807, 2.05) is 30.3 Å². The van der Waals surface area contributed by atoms with E-state index in [4.69, 9.17) is 4.74 Å². The average Bonchev–Trinajstić information content (AvgIpc) is 2.40. The number of hydrogen-bond donors (Lipinski definition) is 0. The van der Waals surface area contributed by atoms with E-state index < -0.39 is 0 Å². The van der Waals surface area contributed by atoms with Gasteiger partial charge in [-0.3, -0.25) is 4.79 Å². The van der Waals surface area contributed by atoms with Gasteiger partial charge in [-0.15, -0.1) is 0 Å². The fourth-order valence-electron chi connectivity index (χ4n) is 2.76. The molecule has 1 aliphatic rings. The number of methoxy groups -OCH3 is 1. The van der Waals surface area contributed by atoms with Crippen molar-refractivity contribution in [3.8, 4) is 0 Å². The van der Waals surface area contributed by atoms with Crippen LogP contribution in [0.15, 0.2) is 42.0 Å². The first-order valence-corrected chi connectivity index (χ1v) is 6.52. The lowest BCUT2D eigenvalue weighted by Crippen LogP contribution is -2.23. The van der Waals surface area contributed by atoms with Crippen LogP contribution in [0.3, 0.4) is 0 Å². The first-order valence-electron chi connectivity index (χ1n) is 6.52. The molecule has 0 fully saturated rings. The third-order valence-electron chi connectivity index (χ3n) is 3.65. The van der Waals surface area contributed by atoms with Crippen LogP contribution in [0.4, 0.5) is 0 Å². The highest BCUT2D eigenvalue weighted by molar-refractivity contribution is 5.78. The summed E-state index contributed by atoms with van der Waals surface area (Å²) in [5, 5.41) is 0. The van der Waals surface area contributed by atoms with E-state index in [1.54, 1.807) is 0 Å². The smallest absolute Gasteiger partial charge is 0.313 e. The molecule has 2 heteroatoms. The van der Waals surface area contributed by atoms with Gasteiger partial charge in [0.25, 0.3) is 0 Å². The highest BCUT2D eigenvalue weighted by Crippen LogP contribution is 2.35. The van der Waals surface area contributed by atoms with E-state index in [-0.39, 0.29) is 17.8 Å². The fraction of sp³-hybridized carbons (Fsp3) is 0.438. The Labute approximate surface area is 109 Å². The van der Waals surface area contributed by atoms with Crippen molar-refractivity contribution in [3.63, 3.8) is 0 Å². The summed E-state index contributed by atoms with van der Waals surface area (Å²) in [5.74, 6) is -0.0165. The van der Waals surface area contributed by atoms with Crippen LogP contribution in [0, 0.1) is 5.92 Å². The number of allylic oxidation sites excluding steroid dienone is 2. The standard InChI is InChI=1S/C16H20O2/c1-12-7-6-10-14(11-12)15(16(17)18-2)13-8-4-3-5-9-13/h3-5,8-9,11,14-15H,6-7,10H2,1-2H3. The van der Waals surface area contributed by atoms with Crippen LogP contribution in [-0.4, -0.2) is 13.1 Å². The van der Waals surface area contributed by atoms with Gasteiger partial charge in [0.1, 0.15) is 0 Å². The highest BCUT2D eigenvalue weighted by Gasteiger charge is 2.30. The zero-order chi connectivity index (χ0) is 13.0. The van der Waals surface area contributed by atoms with Crippen LogP contribution in [0.5, 0.6) is 0 Å². The molecule has 0 bridgehead atoms. The Kier molecular flexibility index (Phi) is 4.19. The molecule has 0 spiro atoms. The molecule has 0 N–H and O–H groups in total. The van der Waals surface area contributed by atoms with E-state index in [0.29, 0.717) is 0 Å². The van der Waals surface area contributed by atoms with Crippen LogP contribution >= 0.6 is 0 Å². The Hall–Kier alpha value is -1.57. The van der Waals surface area contributed by atoms with Crippen LogP contribution in [0.25, 0.3) is 0 Å². The maximum Gasteiger partial charge on any atom is 0.313 e. The van der Waals surface area contributed by atoms with Crippen molar-refractivity contribution in [2.75, 3.05) is 7.11 Å². The van der Waals surface area contributed by atoms with Gasteiger partial charge in [0.05, 0.1) is 13.0 Å². The van der Waals surface area contributed by atoms with Crippen LogP contribution < -0.4 is 0 Å². The number of benzene rings is 1. The van der Waals surface area contributed by atoms with Crippen molar-refractivity contribution in [2.24, 2.45) is 5.92 Å². The molecular formula is C16H20O2. The average molecular weight is 244 g/mol. The molecule has 0 heterocycles. The van der Waals surface area contributed by atoms with Crippen LogP contribution in [0.1, 0.15) is 37.7 Å². The largest absolute Gasteiger partial charge is 0.469 e. The lowest BCUT2D eigenvalue weighted by molar-refractivity contribution is -0.143. The normalized spacial score (nSPS) is 21.0. The molecule has 2 rings (SSSR count). The van der Waals surface area contributed by atoms with E-state index in [0.717, 1.165) is 24.8 Å². The zero-order valence-corrected chi connectivity index (χ0v) is 11.1. The summed E-state index contributed by atoms with van der Waals surface area (Å²) in [6.07, 6.45) is 5.62. The Morgan fingerprint density at radius 2 is 2.06 bits per heavy atom. The van der Waals surface area contributed by atoms with Crippen LogP contribution in [-0.2, 0) is 9.53 Å². The van der Waals surface area contributed by atoms with Crippen molar-refractivity contribution < 1.29 is 9.53 Å². The number of esters is 1. The van der Waals surface area contributed by atoms with E-state index in [1.165, 1.54) is 12.7 Å². The van der Waals surface area contributed by atoms with Gasteiger partial charge in [-0.1, -0.05) is 42.0 Å². The van der Waals surface area contributed by atoms with E-state index >= 15 is 0 Å². The molecule has 0 amide bonds. The van der Waals surface area contributed by atoms with Gasteiger partial charge in [-0.2, -0.15) is 0 Å². The minimum Gasteiger partial charge on any atom is -0.469 e. The van der Waals surface area contributed by atoms with Crippen molar-refractivity contribution in [2.45, 2.75) is 32.1 Å². The topological polar surface area (TPSA) is 26.3 Å². The number of rotatable bonds is 3. The maximum absolute atomic E-state index is 12.1. The summed E-state index contributed by atoms with van der Waals surface area (Å²) >= 11 is 0. The fourth-order valence-corrected chi connectivity index (χ4v) is 2.76. The second-order valence-electron chi connectivity index (χ2n) is 4.98. The molecule has 0 aliphatic heterocycles. The molecule has 0 radical (unpaired) electrons. The Bertz CT molecular complexity index is 434. The van der Waals surface area contributed by atoms with Crippen molar-refractivity contribution in [3.05, 3.63) is 47.5 Å². The second kappa shape index (κ2) is 5.85. The Morgan fingerprint density at radius 1 is 1.33 bits per heavy atom. The number of carbonyl (C=O) groups excluding carboxylic acids is 1. The second-order valence-corrected chi connectivity index (χ2v) is 4.98. The van der Waals surface area contributed by atoms with Gasteiger partial charge in [0.2, 0.25) is 0 Å². The number of carbonyl (C=O) groups is 1. The van der Waals surface area contributed by atoms with Crippen molar-refractivity contribution in [1.29, 1.82) is 0 Å². The summed E-state index contributed by atoms with van der Waals surface area (Å²) in [5.41, 5.74) is 2.44. The SMILES string of the molecule is COC(=O)C(c1ccccc1)C1C=C(C)CCC1. The quantitative estimate of drug-likeness (QED) is 0.598. The lowest BCUT2D eigenvalue weighted by Gasteiger charge is -2.26. The number of ether oxygens (including phenoxy) is 1. The van der Waals surface area contributed by atoms with Gasteiger partial charge in [-0.05, 0) is 37.7 Å². The monoisotopic (exact) mass is 244 g/mol. The molecule has 1 aromatic rings. The third kappa shape index (κ3) is 2.81. The summed E-state index contributed by atoms with van der Waals surface area (Å²) in [7, 11) is 1.47. The molecule has 0 aromatic heterocycles. The Morgan fingerprint density at radius 3 is 2.67 bits per heavy atom. The molecular weight excluding hydrogens is 224 g/mol. The van der Waals surface area contributed by atoms with E-state index in [9.17, 15) is 4.79 Å². The van der Waals surface area contributed by atoms with Gasteiger partial charge < -0.3 is 4.74 Å².